The van der Waals surface area contributed by atoms with Gasteiger partial charge in [-0.1, -0.05) is 30.3 Å². The third kappa shape index (κ3) is 4.69. The molecule has 0 atom stereocenters. The monoisotopic (exact) mass is 444 g/mol. The molecule has 0 spiro atoms. The fourth-order valence-corrected chi connectivity index (χ4v) is 3.89. The Kier molecular flexibility index (Phi) is 5.97. The van der Waals surface area contributed by atoms with Gasteiger partial charge in [0.15, 0.2) is 5.65 Å². The Morgan fingerprint density at radius 3 is 2.55 bits per heavy atom. The van der Waals surface area contributed by atoms with Crippen LogP contribution in [0.3, 0.4) is 0 Å². The summed E-state index contributed by atoms with van der Waals surface area (Å²) in [5.41, 5.74) is 2.82. The van der Waals surface area contributed by atoms with Gasteiger partial charge in [0, 0.05) is 25.3 Å². The number of nitrogens with one attached hydrogen (secondary N) is 1. The Hall–Kier alpha value is -3.82. The Labute approximate surface area is 190 Å². The van der Waals surface area contributed by atoms with Crippen LogP contribution in [0.4, 0.5) is 5.69 Å². The molecule has 33 heavy (non-hydrogen) atoms. The topological polar surface area (TPSA) is 94.3 Å². The maximum Gasteiger partial charge on any atom is 0.264 e. The Morgan fingerprint density at radius 1 is 1.03 bits per heavy atom. The van der Waals surface area contributed by atoms with Crippen molar-refractivity contribution in [3.05, 3.63) is 83.0 Å². The summed E-state index contributed by atoms with van der Waals surface area (Å²) in [7, 11) is 0. The third-order valence-corrected chi connectivity index (χ3v) is 5.62. The number of carbonyl (C=O) groups excluding carboxylic acids is 1. The lowest BCUT2D eigenvalue weighted by atomic mass is 10.2. The first-order chi connectivity index (χ1) is 16.2. The maximum atomic E-state index is 12.9. The SMILES string of the molecule is O=C(Cn1cnc2c(cnn2-c2ccccc2)c1=O)Nc1ccc(CN2CCOCC2)cc1. The van der Waals surface area contributed by atoms with Gasteiger partial charge in [-0.05, 0) is 29.8 Å². The molecule has 9 heteroatoms. The van der Waals surface area contributed by atoms with E-state index in [-0.39, 0.29) is 18.0 Å². The van der Waals surface area contributed by atoms with Crippen LogP contribution in [0.2, 0.25) is 0 Å². The van der Waals surface area contributed by atoms with E-state index in [4.69, 9.17) is 4.74 Å². The van der Waals surface area contributed by atoms with Crippen molar-refractivity contribution in [1.29, 1.82) is 0 Å². The molecule has 1 N–H and O–H groups in total. The minimum absolute atomic E-state index is 0.131. The molecule has 9 nitrogen and oxygen atoms in total. The van der Waals surface area contributed by atoms with Gasteiger partial charge in [-0.2, -0.15) is 5.10 Å². The number of anilines is 1. The van der Waals surface area contributed by atoms with E-state index in [1.807, 2.05) is 54.6 Å². The first kappa shape index (κ1) is 21.0. The van der Waals surface area contributed by atoms with Gasteiger partial charge in [-0.3, -0.25) is 19.1 Å². The number of morpholine rings is 1. The Bertz CT molecular complexity index is 1310. The molecule has 0 radical (unpaired) electrons. The summed E-state index contributed by atoms with van der Waals surface area (Å²) in [4.78, 5) is 32.1. The van der Waals surface area contributed by atoms with Gasteiger partial charge >= 0.3 is 0 Å². The number of nitrogens with zero attached hydrogens (tertiary/aromatic N) is 5. The van der Waals surface area contributed by atoms with Crippen molar-refractivity contribution < 1.29 is 9.53 Å². The smallest absolute Gasteiger partial charge is 0.264 e. The molecule has 0 bridgehead atoms. The van der Waals surface area contributed by atoms with Crippen LogP contribution in [0.1, 0.15) is 5.56 Å². The molecular weight excluding hydrogens is 420 g/mol. The van der Waals surface area contributed by atoms with Crippen LogP contribution >= 0.6 is 0 Å². The van der Waals surface area contributed by atoms with Crippen molar-refractivity contribution in [3.8, 4) is 5.69 Å². The van der Waals surface area contributed by atoms with E-state index in [9.17, 15) is 9.59 Å². The number of carbonyl (C=O) groups is 1. The quantitative estimate of drug-likeness (QED) is 0.489. The lowest BCUT2D eigenvalue weighted by Crippen LogP contribution is -2.35. The largest absolute Gasteiger partial charge is 0.379 e. The number of aromatic nitrogens is 4. The van der Waals surface area contributed by atoms with Crippen molar-refractivity contribution in [1.82, 2.24) is 24.2 Å². The molecule has 1 amide bonds. The number of para-hydroxylation sites is 1. The standard InChI is InChI=1S/C24H24N6O3/c31-22(27-19-8-6-18(7-9-19)15-28-10-12-33-13-11-28)16-29-17-25-23-21(24(29)32)14-26-30(23)20-4-2-1-3-5-20/h1-9,14,17H,10-13,15-16H2,(H,27,31). The van der Waals surface area contributed by atoms with Gasteiger partial charge in [0.25, 0.3) is 5.56 Å². The number of rotatable bonds is 6. The lowest BCUT2D eigenvalue weighted by molar-refractivity contribution is -0.116. The van der Waals surface area contributed by atoms with Crippen LogP contribution in [-0.2, 0) is 22.6 Å². The Morgan fingerprint density at radius 2 is 1.79 bits per heavy atom. The van der Waals surface area contributed by atoms with Crippen LogP contribution in [0.5, 0.6) is 0 Å². The molecule has 0 aliphatic carbocycles. The highest BCUT2D eigenvalue weighted by molar-refractivity contribution is 5.90. The van der Waals surface area contributed by atoms with Gasteiger partial charge in [-0.25, -0.2) is 9.67 Å². The van der Waals surface area contributed by atoms with E-state index in [1.165, 1.54) is 22.7 Å². The van der Waals surface area contributed by atoms with Crippen molar-refractivity contribution in [2.75, 3.05) is 31.6 Å². The van der Waals surface area contributed by atoms with E-state index in [0.29, 0.717) is 16.7 Å². The molecule has 1 aliphatic rings. The Balaban J connectivity index is 1.25. The number of hydrogen-bond acceptors (Lipinski definition) is 6. The second-order valence-electron chi connectivity index (χ2n) is 7.94. The van der Waals surface area contributed by atoms with Gasteiger partial charge < -0.3 is 10.1 Å². The normalized spacial score (nSPS) is 14.4. The molecule has 1 saturated heterocycles. The maximum absolute atomic E-state index is 12.9. The molecular formula is C24H24N6O3. The summed E-state index contributed by atoms with van der Waals surface area (Å²) in [6.45, 7) is 4.11. The first-order valence-electron chi connectivity index (χ1n) is 10.8. The number of ether oxygens (including phenoxy) is 1. The molecule has 4 aromatic rings. The van der Waals surface area contributed by atoms with Crippen LogP contribution in [0.25, 0.3) is 16.7 Å². The second-order valence-corrected chi connectivity index (χ2v) is 7.94. The summed E-state index contributed by atoms with van der Waals surface area (Å²) < 4.78 is 8.28. The molecule has 1 fully saturated rings. The summed E-state index contributed by atoms with van der Waals surface area (Å²) in [6, 6.07) is 17.2. The van der Waals surface area contributed by atoms with E-state index in [2.05, 4.69) is 20.3 Å². The van der Waals surface area contributed by atoms with Crippen molar-refractivity contribution in [2.45, 2.75) is 13.1 Å². The number of amides is 1. The van der Waals surface area contributed by atoms with Gasteiger partial charge in [0.1, 0.15) is 18.3 Å². The molecule has 0 unspecified atom stereocenters. The average Bonchev–Trinajstić information content (AvgIpc) is 3.28. The van der Waals surface area contributed by atoms with Gasteiger partial charge in [0.05, 0.1) is 25.1 Å². The van der Waals surface area contributed by atoms with Crippen LogP contribution in [-0.4, -0.2) is 56.4 Å². The zero-order chi connectivity index (χ0) is 22.6. The highest BCUT2D eigenvalue weighted by Gasteiger charge is 2.14. The first-order valence-corrected chi connectivity index (χ1v) is 10.8. The summed E-state index contributed by atoms with van der Waals surface area (Å²) in [6.07, 6.45) is 2.87. The third-order valence-electron chi connectivity index (χ3n) is 5.62. The van der Waals surface area contributed by atoms with Gasteiger partial charge in [-0.15, -0.1) is 0 Å². The minimum atomic E-state index is -0.307. The number of fused-ring (bicyclic) bond motifs is 1. The predicted octanol–water partition coefficient (Wildman–Crippen LogP) is 2.05. The summed E-state index contributed by atoms with van der Waals surface area (Å²) in [5.74, 6) is -0.297. The number of benzene rings is 2. The zero-order valence-electron chi connectivity index (χ0n) is 18.1. The van der Waals surface area contributed by atoms with Gasteiger partial charge in [0.2, 0.25) is 5.91 Å². The lowest BCUT2D eigenvalue weighted by Gasteiger charge is -2.26. The van der Waals surface area contributed by atoms with Crippen molar-refractivity contribution in [2.24, 2.45) is 0 Å². The van der Waals surface area contributed by atoms with E-state index in [0.717, 1.165) is 38.5 Å². The molecule has 1 aliphatic heterocycles. The van der Waals surface area contributed by atoms with Crippen LogP contribution < -0.4 is 10.9 Å². The average molecular weight is 444 g/mol. The fraction of sp³-hybridized carbons (Fsp3) is 0.250. The predicted molar refractivity (Wildman–Crippen MR) is 124 cm³/mol. The molecule has 0 saturated carbocycles. The van der Waals surface area contributed by atoms with Crippen molar-refractivity contribution in [3.63, 3.8) is 0 Å². The second kappa shape index (κ2) is 9.35. The van der Waals surface area contributed by atoms with Crippen LogP contribution in [0, 0.1) is 0 Å². The fourth-order valence-electron chi connectivity index (χ4n) is 3.89. The number of hydrogen-bond donors (Lipinski definition) is 1. The van der Waals surface area contributed by atoms with Crippen LogP contribution in [0.15, 0.2) is 71.9 Å². The van der Waals surface area contributed by atoms with E-state index in [1.54, 1.807) is 4.68 Å². The minimum Gasteiger partial charge on any atom is -0.379 e. The highest BCUT2D eigenvalue weighted by Crippen LogP contribution is 2.14. The molecule has 2 aromatic heterocycles. The summed E-state index contributed by atoms with van der Waals surface area (Å²) >= 11 is 0. The molecule has 2 aromatic carbocycles. The zero-order valence-corrected chi connectivity index (χ0v) is 18.1. The van der Waals surface area contributed by atoms with Crippen molar-refractivity contribution >= 4 is 22.6 Å². The molecule has 3 heterocycles. The summed E-state index contributed by atoms with van der Waals surface area (Å²) in [5, 5.41) is 7.50. The molecule has 5 rings (SSSR count). The molecule has 168 valence electrons. The van der Waals surface area contributed by atoms with E-state index >= 15 is 0 Å². The van der Waals surface area contributed by atoms with E-state index < -0.39 is 0 Å². The highest BCUT2D eigenvalue weighted by atomic mass is 16.5.